The van der Waals surface area contributed by atoms with Crippen molar-refractivity contribution in [2.45, 2.75) is 77.3 Å². The van der Waals surface area contributed by atoms with E-state index >= 15 is 0 Å². The number of carbonyl (C=O) groups excluding carboxylic acids is 2. The Morgan fingerprint density at radius 3 is 2.57 bits per heavy atom. The molecule has 3 heterocycles. The van der Waals surface area contributed by atoms with Crippen LogP contribution in [0.5, 0.6) is 11.6 Å². The number of anilines is 1. The Morgan fingerprint density at radius 1 is 1.10 bits per heavy atom. The van der Waals surface area contributed by atoms with Crippen molar-refractivity contribution in [1.29, 1.82) is 0 Å². The molecular weight excluding hydrogens is 537 g/mol. The van der Waals surface area contributed by atoms with Crippen LogP contribution in [0.15, 0.2) is 35.5 Å². The molecule has 42 heavy (non-hydrogen) atoms. The van der Waals surface area contributed by atoms with Gasteiger partial charge in [-0.2, -0.15) is 4.99 Å². The maximum atomic E-state index is 14.2. The van der Waals surface area contributed by atoms with Gasteiger partial charge in [-0.3, -0.25) is 14.5 Å². The van der Waals surface area contributed by atoms with Crippen molar-refractivity contribution in [2.24, 2.45) is 10.9 Å². The summed E-state index contributed by atoms with van der Waals surface area (Å²) in [6, 6.07) is 6.01. The number of amides is 2. The first-order valence-electron chi connectivity index (χ1n) is 15.2. The van der Waals surface area contributed by atoms with Crippen LogP contribution in [-0.4, -0.2) is 73.0 Å². The van der Waals surface area contributed by atoms with Crippen molar-refractivity contribution < 1.29 is 23.5 Å². The van der Waals surface area contributed by atoms with Gasteiger partial charge in [-0.25, -0.2) is 9.37 Å². The second-order valence-electron chi connectivity index (χ2n) is 11.8. The number of pyridine rings is 1. The van der Waals surface area contributed by atoms with Gasteiger partial charge < -0.3 is 19.7 Å². The molecule has 0 atom stereocenters. The Morgan fingerprint density at radius 2 is 1.86 bits per heavy atom. The molecule has 1 aromatic heterocycles. The molecular formula is C32H42FN5O4. The van der Waals surface area contributed by atoms with Gasteiger partial charge in [-0.1, -0.05) is 6.42 Å². The van der Waals surface area contributed by atoms with Gasteiger partial charge >= 0.3 is 0 Å². The van der Waals surface area contributed by atoms with Crippen LogP contribution in [-0.2, 0) is 11.2 Å². The van der Waals surface area contributed by atoms with E-state index in [1.54, 1.807) is 6.20 Å². The SMILES string of the molecule is COc1cc(F)cc(C(=O)N=C2Cc3cnc(OCCN4CCCCC4)cc3N2C2CCC(C(=O)NC(C)C)CC2)c1. The maximum Gasteiger partial charge on any atom is 0.278 e. The van der Waals surface area contributed by atoms with Crippen LogP contribution in [0.25, 0.3) is 0 Å². The molecule has 1 aliphatic carbocycles. The van der Waals surface area contributed by atoms with Crippen LogP contribution < -0.4 is 19.7 Å². The molecule has 0 radical (unpaired) electrons. The van der Waals surface area contributed by atoms with Crippen LogP contribution in [0.1, 0.15) is 74.7 Å². The fraction of sp³-hybridized carbons (Fsp3) is 0.562. The van der Waals surface area contributed by atoms with Crippen LogP contribution in [0, 0.1) is 11.7 Å². The lowest BCUT2D eigenvalue weighted by molar-refractivity contribution is -0.126. The number of nitrogens with one attached hydrogen (secondary N) is 1. The van der Waals surface area contributed by atoms with Crippen molar-refractivity contribution in [3.8, 4) is 11.6 Å². The normalized spacial score (nSPS) is 21.8. The number of benzene rings is 1. The Labute approximate surface area is 247 Å². The molecule has 10 heteroatoms. The number of aliphatic imine (C=N–C) groups is 1. The van der Waals surface area contributed by atoms with E-state index in [1.165, 1.54) is 44.6 Å². The van der Waals surface area contributed by atoms with E-state index < -0.39 is 11.7 Å². The number of piperidine rings is 1. The molecule has 226 valence electrons. The quantitative estimate of drug-likeness (QED) is 0.457. The number of amidine groups is 1. The standard InChI is InChI=1S/C32H42FN5O4/c1-21(2)35-31(39)22-7-9-26(10-8-22)38-28-19-30(42-14-13-37-11-5-4-6-12-37)34-20-24(28)17-29(38)36-32(40)23-15-25(33)18-27(16-23)41-3/h15-16,18-22,26H,4-14,17H2,1-3H3,(H,35,39). The number of likely N-dealkylation sites (tertiary alicyclic amines) is 1. The minimum Gasteiger partial charge on any atom is -0.497 e. The average molecular weight is 580 g/mol. The zero-order valence-electron chi connectivity index (χ0n) is 24.9. The van der Waals surface area contributed by atoms with Crippen LogP contribution >= 0.6 is 0 Å². The predicted octanol–water partition coefficient (Wildman–Crippen LogP) is 4.78. The number of aromatic nitrogens is 1. The molecule has 0 unspecified atom stereocenters. The van der Waals surface area contributed by atoms with Gasteiger partial charge in [0, 0.05) is 60.4 Å². The fourth-order valence-corrected chi connectivity index (χ4v) is 6.24. The lowest BCUT2D eigenvalue weighted by atomic mass is 9.84. The van der Waals surface area contributed by atoms with Crippen molar-refractivity contribution in [3.05, 3.63) is 47.4 Å². The van der Waals surface area contributed by atoms with Crippen LogP contribution in [0.2, 0.25) is 0 Å². The molecule has 2 amide bonds. The molecule has 1 saturated carbocycles. The van der Waals surface area contributed by atoms with Gasteiger partial charge in [0.2, 0.25) is 11.8 Å². The molecule has 1 saturated heterocycles. The van der Waals surface area contributed by atoms with E-state index in [0.29, 0.717) is 24.7 Å². The number of halogens is 1. The summed E-state index contributed by atoms with van der Waals surface area (Å²) in [4.78, 5) is 39.6. The lowest BCUT2D eigenvalue weighted by Crippen LogP contribution is -2.44. The maximum absolute atomic E-state index is 14.2. The minimum absolute atomic E-state index is 0.0291. The largest absolute Gasteiger partial charge is 0.497 e. The number of methoxy groups -OCH3 is 1. The van der Waals surface area contributed by atoms with E-state index in [2.05, 4.69) is 25.1 Å². The number of hydrogen-bond acceptors (Lipinski definition) is 6. The predicted molar refractivity (Wildman–Crippen MR) is 160 cm³/mol. The van der Waals surface area contributed by atoms with Gasteiger partial charge in [0.25, 0.3) is 5.91 Å². The van der Waals surface area contributed by atoms with Crippen molar-refractivity contribution in [3.63, 3.8) is 0 Å². The molecule has 0 spiro atoms. The third-order valence-electron chi connectivity index (χ3n) is 8.38. The first-order valence-corrected chi connectivity index (χ1v) is 15.2. The van der Waals surface area contributed by atoms with Gasteiger partial charge in [-0.15, -0.1) is 0 Å². The van der Waals surface area contributed by atoms with Crippen molar-refractivity contribution in [2.75, 3.05) is 38.3 Å². The number of hydrogen-bond donors (Lipinski definition) is 1. The Balaban J connectivity index is 1.36. The first kappa shape index (κ1) is 29.9. The summed E-state index contributed by atoms with van der Waals surface area (Å²) in [5.74, 6) is 0.388. The van der Waals surface area contributed by atoms with E-state index in [4.69, 9.17) is 9.47 Å². The number of fused-ring (bicyclic) bond motifs is 1. The Bertz CT molecular complexity index is 1300. The van der Waals surface area contributed by atoms with Crippen LogP contribution in [0.4, 0.5) is 10.1 Å². The molecule has 0 bridgehead atoms. The third kappa shape index (κ3) is 7.27. The zero-order chi connectivity index (χ0) is 29.6. The van der Waals surface area contributed by atoms with Gasteiger partial charge in [0.15, 0.2) is 0 Å². The second-order valence-corrected chi connectivity index (χ2v) is 11.8. The fourth-order valence-electron chi connectivity index (χ4n) is 6.24. The highest BCUT2D eigenvalue weighted by atomic mass is 19.1. The number of carbonyl (C=O) groups is 2. The highest BCUT2D eigenvalue weighted by molar-refractivity contribution is 6.12. The van der Waals surface area contributed by atoms with E-state index in [9.17, 15) is 14.0 Å². The molecule has 1 aromatic carbocycles. The van der Waals surface area contributed by atoms with Gasteiger partial charge in [0.1, 0.15) is 24.0 Å². The Kier molecular flexibility index (Phi) is 9.72. The zero-order valence-corrected chi connectivity index (χ0v) is 24.9. The van der Waals surface area contributed by atoms with E-state index in [-0.39, 0.29) is 35.2 Å². The summed E-state index contributed by atoms with van der Waals surface area (Å²) in [6.45, 7) is 7.58. The number of ether oxygens (including phenoxy) is 2. The monoisotopic (exact) mass is 579 g/mol. The van der Waals surface area contributed by atoms with Crippen LogP contribution in [0.3, 0.4) is 0 Å². The molecule has 1 N–H and O–H groups in total. The average Bonchev–Trinajstić information content (AvgIpc) is 3.34. The molecule has 9 nitrogen and oxygen atoms in total. The highest BCUT2D eigenvalue weighted by Crippen LogP contribution is 2.38. The highest BCUT2D eigenvalue weighted by Gasteiger charge is 2.37. The molecule has 2 aromatic rings. The van der Waals surface area contributed by atoms with Crippen molar-refractivity contribution in [1.82, 2.24) is 15.2 Å². The minimum atomic E-state index is -0.557. The number of rotatable bonds is 9. The lowest BCUT2D eigenvalue weighted by Gasteiger charge is -2.36. The smallest absolute Gasteiger partial charge is 0.278 e. The summed E-state index contributed by atoms with van der Waals surface area (Å²) >= 11 is 0. The molecule has 5 rings (SSSR count). The number of nitrogens with zero attached hydrogens (tertiary/aromatic N) is 4. The van der Waals surface area contributed by atoms with Gasteiger partial charge in [-0.05, 0) is 77.6 Å². The van der Waals surface area contributed by atoms with Crippen molar-refractivity contribution >= 4 is 23.3 Å². The molecule has 3 aliphatic rings. The second kappa shape index (κ2) is 13.6. The Hall–Kier alpha value is -3.53. The molecule has 2 fully saturated rings. The third-order valence-corrected chi connectivity index (χ3v) is 8.38. The first-order chi connectivity index (χ1) is 20.3. The summed E-state index contributed by atoms with van der Waals surface area (Å²) in [5, 5.41) is 3.04. The summed E-state index contributed by atoms with van der Waals surface area (Å²) < 4.78 is 25.4. The van der Waals surface area contributed by atoms with E-state index in [1.807, 2.05) is 19.9 Å². The summed E-state index contributed by atoms with van der Waals surface area (Å²) in [7, 11) is 1.43. The van der Waals surface area contributed by atoms with E-state index in [0.717, 1.165) is 56.6 Å². The summed E-state index contributed by atoms with van der Waals surface area (Å²) in [6.07, 6.45) is 9.06. The van der Waals surface area contributed by atoms with Gasteiger partial charge in [0.05, 0.1) is 12.8 Å². The molecule has 2 aliphatic heterocycles. The topological polar surface area (TPSA) is 96.4 Å². The summed E-state index contributed by atoms with van der Waals surface area (Å²) in [5.41, 5.74) is 2.02.